The molecule has 17 atom stereocenters. The Morgan fingerprint density at radius 1 is 0.494 bits per heavy atom. The molecule has 0 bridgehead atoms. The number of nitrogens with zero attached hydrogens (tertiary/aromatic N) is 1. The summed E-state index contributed by atoms with van der Waals surface area (Å²) in [6.07, 6.45) is 2.58. The summed E-state index contributed by atoms with van der Waals surface area (Å²) in [6.45, 7) is -0.0921. The maximum Gasteiger partial charge on any atom is 1.00 e. The van der Waals surface area contributed by atoms with Crippen LogP contribution in [0.25, 0.3) is 0 Å². The van der Waals surface area contributed by atoms with Gasteiger partial charge in [0.15, 0.2) is 25.0 Å². The molecule has 0 saturated carbocycles. The monoisotopic (exact) mass is 1290 g/mol. The van der Waals surface area contributed by atoms with Crippen LogP contribution in [0.5, 0.6) is 0 Å². The first-order valence-corrected chi connectivity index (χ1v) is 33.6. The number of phosphoric ester groups is 1. The number of hydrogen-bond acceptors (Lipinski definition) is 25. The largest absolute Gasteiger partial charge is 1.00 e. The van der Waals surface area contributed by atoms with Crippen molar-refractivity contribution >= 4 is 25.7 Å². The summed E-state index contributed by atoms with van der Waals surface area (Å²) in [6, 6.07) is 0. The number of aliphatic hydroxyl groups is 10. The Bertz CT molecular complexity index is 1830. The van der Waals surface area contributed by atoms with Crippen LogP contribution in [0.4, 0.5) is 0 Å². The summed E-state index contributed by atoms with van der Waals surface area (Å²) in [7, 11) is -4.81. The van der Waals surface area contributed by atoms with Crippen LogP contribution in [0.3, 0.4) is 0 Å². The molecule has 0 aromatic rings. The molecule has 87 heavy (non-hydrogen) atoms. The zero-order valence-electron chi connectivity index (χ0n) is 52.1. The maximum atomic E-state index is 12.9. The number of hydrogen-bond donors (Lipinski definition) is 11. The van der Waals surface area contributed by atoms with E-state index in [1.54, 1.807) is 0 Å². The van der Waals surface area contributed by atoms with E-state index in [9.17, 15) is 75.2 Å². The summed E-state index contributed by atoms with van der Waals surface area (Å²) >= 11 is 0. The van der Waals surface area contributed by atoms with E-state index in [4.69, 9.17) is 46.9 Å². The number of rotatable bonds is 50. The molecule has 3 rings (SSSR count). The van der Waals surface area contributed by atoms with Crippen LogP contribution in [0.2, 0.25) is 0 Å². The average molecular weight is 1290 g/mol. The van der Waals surface area contributed by atoms with Crippen molar-refractivity contribution in [3.05, 3.63) is 0 Å². The van der Waals surface area contributed by atoms with E-state index in [-0.39, 0.29) is 68.4 Å². The first-order chi connectivity index (χ1) is 41.4. The second-order valence-corrected chi connectivity index (χ2v) is 24.4. The van der Waals surface area contributed by atoms with Crippen molar-refractivity contribution in [1.29, 1.82) is 0 Å². The second kappa shape index (κ2) is 48.6. The topological polar surface area (TPSA) is 401 Å². The fraction of sp³-hybridized carbons (Fsp3) is 0.949. The quantitative estimate of drug-likeness (QED) is 0.00989. The number of aliphatic imine (C=N–C) groups is 1. The Balaban J connectivity index is 0.0000258. The number of phosphoric acid groups is 1. The molecule has 0 aromatic carbocycles. The van der Waals surface area contributed by atoms with Crippen LogP contribution in [-0.4, -0.2) is 225 Å². The molecule has 3 aliphatic rings. The number of aliphatic hydroxyl groups excluding tert-OH is 10. The van der Waals surface area contributed by atoms with E-state index < -0.39 is 164 Å². The van der Waals surface area contributed by atoms with Gasteiger partial charge in [0.05, 0.1) is 46.2 Å². The van der Waals surface area contributed by atoms with E-state index in [0.29, 0.717) is 12.8 Å². The van der Waals surface area contributed by atoms with Gasteiger partial charge in [0.2, 0.25) is 0 Å². The number of unbranched alkanes of at least 4 members (excludes halogenated alkanes) is 24. The van der Waals surface area contributed by atoms with E-state index in [0.717, 1.165) is 44.9 Å². The predicted molar refractivity (Wildman–Crippen MR) is 310 cm³/mol. The summed E-state index contributed by atoms with van der Waals surface area (Å²) < 4.78 is 67.6. The molecule has 3 aliphatic heterocycles. The van der Waals surface area contributed by atoms with Gasteiger partial charge in [-0.3, -0.25) is 18.6 Å². The third-order valence-electron chi connectivity index (χ3n) is 15.6. The standard InChI is InChI=1S/C59H110NO25P.Na/c1-3-5-7-9-11-13-15-17-19-21-23-25-27-31-46(64)77-38-41(81-47(65)32-28-26-24-22-20-18-16-14-12-10-8-6-4-2)39-80-86(74,75)79-35-33-60-45(63)30-29-34-76-58-55(73)56(85-59-54(72)52(70)49(67)43(37-62)83-59)50(68)44(84-58)40-78-57-53(71)51(69)48(66)42(36-61)82-57;/h41-44,48-59,61-62,66-73H,3-40H2,1-2H3,(H,60,63)(H,74,75);/q;+1/p-1/t41?,42-,43-,44-,48-,49-,50-,51+,52+,53+,54+,55+,56+,57+,58+,59-;/m1./s1. The summed E-state index contributed by atoms with van der Waals surface area (Å²) in [5.41, 5.74) is 0. The summed E-state index contributed by atoms with van der Waals surface area (Å²) in [5.74, 6) is -1.75. The molecule has 26 nitrogen and oxygen atoms in total. The van der Waals surface area contributed by atoms with Gasteiger partial charge in [0.1, 0.15) is 79.9 Å². The predicted octanol–water partition coefficient (Wildman–Crippen LogP) is 0.546. The molecule has 0 aliphatic carbocycles. The van der Waals surface area contributed by atoms with Gasteiger partial charge in [-0.1, -0.05) is 168 Å². The van der Waals surface area contributed by atoms with Crippen molar-refractivity contribution in [3.8, 4) is 0 Å². The number of carbonyl (C=O) groups excluding carboxylic acids is 2. The van der Waals surface area contributed by atoms with Crippen molar-refractivity contribution in [2.24, 2.45) is 4.99 Å². The van der Waals surface area contributed by atoms with Crippen molar-refractivity contribution < 1.29 is 152 Å². The molecule has 0 spiro atoms. The number of esters is 2. The minimum absolute atomic E-state index is 0. The molecule has 2 unspecified atom stereocenters. The number of ether oxygens (including phenoxy) is 8. The number of carbonyl (C=O) groups is 2. The third kappa shape index (κ3) is 33.5. The van der Waals surface area contributed by atoms with Gasteiger partial charge in [0, 0.05) is 12.8 Å². The van der Waals surface area contributed by atoms with Gasteiger partial charge in [-0.15, -0.1) is 0 Å². The summed E-state index contributed by atoms with van der Waals surface area (Å²) in [5, 5.41) is 117. The third-order valence-corrected chi connectivity index (χ3v) is 16.6. The van der Waals surface area contributed by atoms with E-state index in [2.05, 4.69) is 18.8 Å². The van der Waals surface area contributed by atoms with Gasteiger partial charge in [-0.2, -0.15) is 0 Å². The summed E-state index contributed by atoms with van der Waals surface area (Å²) in [4.78, 5) is 40.0. The SMILES string of the molecule is CCCCCCCCCCCCCCCC(=O)OCC(COP(=O)(O)OCCN=C([O-])CCCO[C@H]1O[C@H](CO[C@H]2O[C@H](CO)[C@@H](O)[C@H](O)[C@@H]2O)[C@@H](O)[C@H](O[C@H]2O[C@H](CO)[C@@H](O)[C@H](O)[C@@H]2O)[C@@H]1O)OC(=O)CCCCCCCCCCCCCCC.[Na+]. The molecule has 0 amide bonds. The molecule has 3 fully saturated rings. The van der Waals surface area contributed by atoms with Crippen molar-refractivity contribution in [2.75, 3.05) is 52.8 Å². The van der Waals surface area contributed by atoms with Crippen LogP contribution >= 0.6 is 7.82 Å². The molecule has 3 heterocycles. The smallest absolute Gasteiger partial charge is 0.862 e. The molecule has 11 N–H and O–H groups in total. The van der Waals surface area contributed by atoms with Crippen molar-refractivity contribution in [2.45, 2.75) is 305 Å². The van der Waals surface area contributed by atoms with E-state index in [1.165, 1.54) is 109 Å². The Morgan fingerprint density at radius 3 is 1.43 bits per heavy atom. The van der Waals surface area contributed by atoms with Gasteiger partial charge in [-0.05, 0) is 31.6 Å². The fourth-order valence-electron chi connectivity index (χ4n) is 10.3. The fourth-order valence-corrected chi connectivity index (χ4v) is 11.0. The van der Waals surface area contributed by atoms with Crippen LogP contribution < -0.4 is 34.7 Å². The van der Waals surface area contributed by atoms with Gasteiger partial charge < -0.3 is 104 Å². The van der Waals surface area contributed by atoms with Crippen LogP contribution in [0.15, 0.2) is 4.99 Å². The average Bonchev–Trinajstić information content (AvgIpc) is 3.68. The van der Waals surface area contributed by atoms with E-state index >= 15 is 0 Å². The Labute approximate surface area is 537 Å². The molecule has 28 heteroatoms. The van der Waals surface area contributed by atoms with Gasteiger partial charge in [0.25, 0.3) is 0 Å². The minimum atomic E-state index is -4.81. The zero-order valence-corrected chi connectivity index (χ0v) is 55.0. The normalized spacial score (nSPS) is 28.8. The van der Waals surface area contributed by atoms with Crippen LogP contribution in [0.1, 0.15) is 206 Å². The molecular weight excluding hydrogens is 1180 g/mol. The molecule has 0 radical (unpaired) electrons. The van der Waals surface area contributed by atoms with Gasteiger partial charge in [-0.25, -0.2) is 4.57 Å². The molecule has 0 aromatic heterocycles. The second-order valence-electron chi connectivity index (χ2n) is 23.0. The first-order valence-electron chi connectivity index (χ1n) is 32.1. The molecule has 506 valence electrons. The van der Waals surface area contributed by atoms with Crippen molar-refractivity contribution in [1.82, 2.24) is 0 Å². The zero-order chi connectivity index (χ0) is 63.1. The van der Waals surface area contributed by atoms with Crippen LogP contribution in [0, 0.1) is 0 Å². The van der Waals surface area contributed by atoms with Gasteiger partial charge >= 0.3 is 49.3 Å². The molecule has 3 saturated heterocycles. The Kier molecular flexibility index (Phi) is 45.8. The first kappa shape index (κ1) is 82.0. The Hall–Kier alpha value is -1.12. The molecular formula is C59H109NNaO25P. The Morgan fingerprint density at radius 2 is 0.931 bits per heavy atom. The maximum absolute atomic E-state index is 12.9. The van der Waals surface area contributed by atoms with E-state index in [1.807, 2.05) is 0 Å². The van der Waals surface area contributed by atoms with Crippen molar-refractivity contribution in [3.63, 3.8) is 0 Å². The van der Waals surface area contributed by atoms with Crippen LogP contribution in [-0.2, 0) is 61.1 Å². The minimum Gasteiger partial charge on any atom is -0.862 e.